The first kappa shape index (κ1) is 18.4. The molecule has 7 heteroatoms. The Hall–Kier alpha value is -3.35. The summed E-state index contributed by atoms with van der Waals surface area (Å²) in [6.07, 6.45) is 1.86. The van der Waals surface area contributed by atoms with Gasteiger partial charge >= 0.3 is 5.97 Å². The third kappa shape index (κ3) is 5.57. The zero-order valence-electron chi connectivity index (χ0n) is 14.6. The lowest BCUT2D eigenvalue weighted by Crippen LogP contribution is -2.28. The first-order valence-electron chi connectivity index (χ1n) is 8.64. The van der Waals surface area contributed by atoms with Crippen LogP contribution in [0.1, 0.15) is 28.8 Å². The number of carbonyl (C=O) groups is 3. The van der Waals surface area contributed by atoms with Gasteiger partial charge in [-0.3, -0.25) is 9.59 Å². The van der Waals surface area contributed by atoms with E-state index in [2.05, 4.69) is 10.6 Å². The summed E-state index contributed by atoms with van der Waals surface area (Å²) < 4.78 is 5.46. The van der Waals surface area contributed by atoms with Gasteiger partial charge in [-0.1, -0.05) is 18.2 Å². The molecule has 3 N–H and O–H groups in total. The van der Waals surface area contributed by atoms with Crippen LogP contribution >= 0.6 is 0 Å². The van der Waals surface area contributed by atoms with Crippen molar-refractivity contribution in [3.8, 4) is 5.75 Å². The van der Waals surface area contributed by atoms with Gasteiger partial charge < -0.3 is 20.5 Å². The largest absolute Gasteiger partial charge is 0.484 e. The number of aromatic carboxylic acids is 1. The Labute approximate surface area is 156 Å². The SMILES string of the molecule is O=C(COc1cccc(NC(=O)C2CC2)c1)NCc1ccc(C(=O)O)cc1. The molecular formula is C20H20N2O5. The predicted molar refractivity (Wildman–Crippen MR) is 98.5 cm³/mol. The summed E-state index contributed by atoms with van der Waals surface area (Å²) in [4.78, 5) is 34.5. The van der Waals surface area contributed by atoms with E-state index >= 15 is 0 Å². The third-order valence-electron chi connectivity index (χ3n) is 4.11. The van der Waals surface area contributed by atoms with Crippen molar-refractivity contribution in [1.29, 1.82) is 0 Å². The van der Waals surface area contributed by atoms with E-state index < -0.39 is 5.97 Å². The van der Waals surface area contributed by atoms with Crippen LogP contribution in [0.3, 0.4) is 0 Å². The molecule has 0 heterocycles. The molecule has 1 aliphatic rings. The predicted octanol–water partition coefficient (Wildman–Crippen LogP) is 2.43. The fourth-order valence-electron chi connectivity index (χ4n) is 2.42. The van der Waals surface area contributed by atoms with E-state index in [1.165, 1.54) is 12.1 Å². The van der Waals surface area contributed by atoms with Crippen LogP contribution in [0.25, 0.3) is 0 Å². The van der Waals surface area contributed by atoms with E-state index in [4.69, 9.17) is 9.84 Å². The molecule has 140 valence electrons. The van der Waals surface area contributed by atoms with Gasteiger partial charge in [0.1, 0.15) is 5.75 Å². The van der Waals surface area contributed by atoms with E-state index in [-0.39, 0.29) is 36.4 Å². The van der Waals surface area contributed by atoms with Crippen molar-refractivity contribution in [2.45, 2.75) is 19.4 Å². The standard InChI is InChI=1S/C20H20N2O5/c23-18(21-11-13-4-6-15(7-5-13)20(25)26)12-27-17-3-1-2-16(10-17)22-19(24)14-8-9-14/h1-7,10,14H,8-9,11-12H2,(H,21,23)(H,22,24)(H,25,26). The molecule has 2 aromatic carbocycles. The Kier molecular flexibility index (Phi) is 5.71. The molecule has 0 unspecified atom stereocenters. The summed E-state index contributed by atoms with van der Waals surface area (Å²) in [6.45, 7) is 0.118. The van der Waals surface area contributed by atoms with E-state index in [0.29, 0.717) is 11.4 Å². The molecule has 2 amide bonds. The number of hydrogen-bond donors (Lipinski definition) is 3. The second kappa shape index (κ2) is 8.35. The normalized spacial score (nSPS) is 12.9. The lowest BCUT2D eigenvalue weighted by molar-refractivity contribution is -0.123. The van der Waals surface area contributed by atoms with Crippen LogP contribution in [0, 0.1) is 5.92 Å². The minimum absolute atomic E-state index is 0.0128. The van der Waals surface area contributed by atoms with Gasteiger partial charge in [0.05, 0.1) is 5.56 Å². The lowest BCUT2D eigenvalue weighted by atomic mass is 10.1. The van der Waals surface area contributed by atoms with Crippen molar-refractivity contribution in [2.75, 3.05) is 11.9 Å². The maximum atomic E-state index is 11.9. The van der Waals surface area contributed by atoms with Gasteiger partial charge in [0, 0.05) is 24.2 Å². The molecule has 1 saturated carbocycles. The molecule has 0 radical (unpaired) electrons. The maximum absolute atomic E-state index is 11.9. The fourth-order valence-corrected chi connectivity index (χ4v) is 2.42. The first-order valence-corrected chi connectivity index (χ1v) is 8.64. The van der Waals surface area contributed by atoms with Gasteiger partial charge in [-0.15, -0.1) is 0 Å². The average molecular weight is 368 g/mol. The summed E-state index contributed by atoms with van der Waals surface area (Å²) in [7, 11) is 0. The maximum Gasteiger partial charge on any atom is 0.335 e. The molecular weight excluding hydrogens is 348 g/mol. The number of nitrogens with one attached hydrogen (secondary N) is 2. The van der Waals surface area contributed by atoms with Gasteiger partial charge in [0.15, 0.2) is 6.61 Å². The second-order valence-electron chi connectivity index (χ2n) is 6.36. The van der Waals surface area contributed by atoms with Crippen LogP contribution in [-0.4, -0.2) is 29.5 Å². The molecule has 2 aromatic rings. The van der Waals surface area contributed by atoms with Crippen LogP contribution in [-0.2, 0) is 16.1 Å². The van der Waals surface area contributed by atoms with Gasteiger partial charge in [-0.25, -0.2) is 4.79 Å². The van der Waals surface area contributed by atoms with Gasteiger partial charge in [-0.05, 0) is 42.7 Å². The van der Waals surface area contributed by atoms with Crippen molar-refractivity contribution >= 4 is 23.5 Å². The Morgan fingerprint density at radius 1 is 1.07 bits per heavy atom. The molecule has 27 heavy (non-hydrogen) atoms. The van der Waals surface area contributed by atoms with Gasteiger partial charge in [-0.2, -0.15) is 0 Å². The van der Waals surface area contributed by atoms with E-state index in [9.17, 15) is 14.4 Å². The summed E-state index contributed by atoms with van der Waals surface area (Å²) in [5.74, 6) is -0.674. The highest BCUT2D eigenvalue weighted by Crippen LogP contribution is 2.30. The second-order valence-corrected chi connectivity index (χ2v) is 6.36. The molecule has 7 nitrogen and oxygen atoms in total. The van der Waals surface area contributed by atoms with Crippen molar-refractivity contribution in [2.24, 2.45) is 5.92 Å². The fraction of sp³-hybridized carbons (Fsp3) is 0.250. The Morgan fingerprint density at radius 2 is 1.81 bits per heavy atom. The third-order valence-corrected chi connectivity index (χ3v) is 4.11. The summed E-state index contributed by atoms with van der Waals surface area (Å²) in [6, 6.07) is 13.2. The van der Waals surface area contributed by atoms with Crippen molar-refractivity contribution in [3.63, 3.8) is 0 Å². The number of rotatable bonds is 8. The van der Waals surface area contributed by atoms with Gasteiger partial charge in [0.25, 0.3) is 5.91 Å². The van der Waals surface area contributed by atoms with Crippen LogP contribution in [0.5, 0.6) is 5.75 Å². The number of carboxylic acids is 1. The Morgan fingerprint density at radius 3 is 2.48 bits per heavy atom. The zero-order chi connectivity index (χ0) is 19.2. The van der Waals surface area contributed by atoms with Crippen LogP contribution in [0.15, 0.2) is 48.5 Å². The minimum atomic E-state index is -0.991. The first-order chi connectivity index (χ1) is 13.0. The van der Waals surface area contributed by atoms with Crippen LogP contribution in [0.2, 0.25) is 0 Å². The van der Waals surface area contributed by atoms with Gasteiger partial charge in [0.2, 0.25) is 5.91 Å². The molecule has 0 saturated heterocycles. The number of ether oxygens (including phenoxy) is 1. The highest BCUT2D eigenvalue weighted by molar-refractivity contribution is 5.94. The minimum Gasteiger partial charge on any atom is -0.484 e. The molecule has 0 atom stereocenters. The number of benzene rings is 2. The van der Waals surface area contributed by atoms with Crippen LogP contribution in [0.4, 0.5) is 5.69 Å². The highest BCUT2D eigenvalue weighted by Gasteiger charge is 2.29. The summed E-state index contributed by atoms with van der Waals surface area (Å²) in [5, 5.41) is 14.4. The number of anilines is 1. The Bertz CT molecular complexity index is 844. The smallest absolute Gasteiger partial charge is 0.335 e. The molecule has 0 aliphatic heterocycles. The number of carboxylic acid groups (broad SMARTS) is 1. The number of hydrogen-bond acceptors (Lipinski definition) is 4. The van der Waals surface area contributed by atoms with E-state index in [1.807, 2.05) is 0 Å². The lowest BCUT2D eigenvalue weighted by Gasteiger charge is -2.10. The zero-order valence-corrected chi connectivity index (χ0v) is 14.6. The summed E-state index contributed by atoms with van der Waals surface area (Å²) in [5.41, 5.74) is 1.63. The molecule has 3 rings (SSSR count). The molecule has 0 spiro atoms. The number of amides is 2. The molecule has 0 aromatic heterocycles. The number of carbonyl (C=O) groups excluding carboxylic acids is 2. The Balaban J connectivity index is 1.44. The molecule has 1 fully saturated rings. The topological polar surface area (TPSA) is 105 Å². The quantitative estimate of drug-likeness (QED) is 0.664. The summed E-state index contributed by atoms with van der Waals surface area (Å²) >= 11 is 0. The molecule has 1 aliphatic carbocycles. The van der Waals surface area contributed by atoms with Crippen molar-refractivity contribution < 1.29 is 24.2 Å². The van der Waals surface area contributed by atoms with E-state index in [0.717, 1.165) is 18.4 Å². The molecule has 0 bridgehead atoms. The van der Waals surface area contributed by atoms with Crippen LogP contribution < -0.4 is 15.4 Å². The van der Waals surface area contributed by atoms with Crippen molar-refractivity contribution in [1.82, 2.24) is 5.32 Å². The highest BCUT2D eigenvalue weighted by atomic mass is 16.5. The van der Waals surface area contributed by atoms with Crippen molar-refractivity contribution in [3.05, 3.63) is 59.7 Å². The van der Waals surface area contributed by atoms with E-state index in [1.54, 1.807) is 36.4 Å². The average Bonchev–Trinajstić information content (AvgIpc) is 3.50. The monoisotopic (exact) mass is 368 g/mol.